The Morgan fingerprint density at radius 3 is 2.58 bits per heavy atom. The molecule has 3 unspecified atom stereocenters. The molecule has 3 N–H and O–H groups in total. The van der Waals surface area contributed by atoms with Gasteiger partial charge in [0.1, 0.15) is 0 Å². The lowest BCUT2D eigenvalue weighted by Crippen LogP contribution is -2.54. The Balaban J connectivity index is 2.07. The number of ether oxygens (including phenoxy) is 1. The van der Waals surface area contributed by atoms with Crippen molar-refractivity contribution >= 4 is 11.9 Å². The van der Waals surface area contributed by atoms with Gasteiger partial charge in [0, 0.05) is 18.5 Å². The maximum atomic E-state index is 13.2. The highest BCUT2D eigenvalue weighted by Crippen LogP contribution is 2.36. The first-order valence-corrected chi connectivity index (χ1v) is 8.23. The van der Waals surface area contributed by atoms with Crippen molar-refractivity contribution in [1.29, 1.82) is 0 Å². The van der Waals surface area contributed by atoms with Crippen molar-refractivity contribution in [2.24, 2.45) is 5.73 Å². The number of alkyl halides is 3. The third kappa shape index (κ3) is 4.66. The summed E-state index contributed by atoms with van der Waals surface area (Å²) in [7, 11) is 0. The number of morpholine rings is 1. The molecule has 1 aromatic rings. The van der Waals surface area contributed by atoms with Crippen molar-refractivity contribution in [2.75, 3.05) is 19.7 Å². The van der Waals surface area contributed by atoms with Crippen LogP contribution in [0.1, 0.15) is 30.9 Å². The minimum Gasteiger partial charge on any atom is -0.367 e. The molecule has 26 heavy (non-hydrogen) atoms. The van der Waals surface area contributed by atoms with Gasteiger partial charge in [-0.15, -0.1) is 0 Å². The van der Waals surface area contributed by atoms with E-state index in [9.17, 15) is 22.8 Å². The number of rotatable bonds is 4. The number of nitrogens with one attached hydrogen (secondary N) is 1. The molecule has 0 saturated carbocycles. The van der Waals surface area contributed by atoms with Crippen LogP contribution in [-0.4, -0.2) is 48.7 Å². The average molecular weight is 373 g/mol. The monoisotopic (exact) mass is 373 g/mol. The van der Waals surface area contributed by atoms with Crippen molar-refractivity contribution in [3.8, 4) is 0 Å². The van der Waals surface area contributed by atoms with Crippen molar-refractivity contribution in [2.45, 2.75) is 38.1 Å². The van der Waals surface area contributed by atoms with Gasteiger partial charge in [-0.05, 0) is 18.6 Å². The van der Waals surface area contributed by atoms with E-state index in [0.717, 1.165) is 6.07 Å². The zero-order chi connectivity index (χ0) is 19.5. The summed E-state index contributed by atoms with van der Waals surface area (Å²) in [5.41, 5.74) is 4.59. The molecule has 1 fully saturated rings. The number of amides is 3. The predicted molar refractivity (Wildman–Crippen MR) is 88.4 cm³/mol. The summed E-state index contributed by atoms with van der Waals surface area (Å²) in [6, 6.07) is 4.28. The number of primary amides is 1. The van der Waals surface area contributed by atoms with Crippen LogP contribution in [-0.2, 0) is 15.7 Å². The van der Waals surface area contributed by atoms with Gasteiger partial charge in [0.2, 0.25) is 5.91 Å². The molecular formula is C17H22F3N3O3. The van der Waals surface area contributed by atoms with Crippen molar-refractivity contribution < 1.29 is 27.5 Å². The van der Waals surface area contributed by atoms with Crippen LogP contribution in [0.5, 0.6) is 0 Å². The van der Waals surface area contributed by atoms with E-state index in [2.05, 4.69) is 5.32 Å². The summed E-state index contributed by atoms with van der Waals surface area (Å²) in [6.07, 6.45) is -5.35. The second-order valence-corrected chi connectivity index (χ2v) is 6.32. The minimum atomic E-state index is -4.46. The van der Waals surface area contributed by atoms with Gasteiger partial charge >= 0.3 is 12.2 Å². The minimum absolute atomic E-state index is 0.0153. The van der Waals surface area contributed by atoms with Crippen LogP contribution in [0, 0.1) is 0 Å². The maximum absolute atomic E-state index is 13.2. The number of nitrogens with two attached hydrogens (primary N) is 1. The third-order valence-corrected chi connectivity index (χ3v) is 4.53. The molecule has 0 radical (unpaired) electrons. The highest BCUT2D eigenvalue weighted by Gasteiger charge is 2.35. The van der Waals surface area contributed by atoms with Gasteiger partial charge in [0.25, 0.3) is 0 Å². The number of hydrogen-bond acceptors (Lipinski definition) is 3. The third-order valence-electron chi connectivity index (χ3n) is 4.53. The molecule has 1 aromatic carbocycles. The molecule has 2 rings (SSSR count). The molecule has 0 aromatic heterocycles. The van der Waals surface area contributed by atoms with Crippen LogP contribution in [0.15, 0.2) is 24.3 Å². The molecule has 3 amide bonds. The zero-order valence-corrected chi connectivity index (χ0v) is 14.5. The fraction of sp³-hybridized carbons (Fsp3) is 0.529. The highest BCUT2D eigenvalue weighted by atomic mass is 19.4. The van der Waals surface area contributed by atoms with E-state index in [1.807, 2.05) is 0 Å². The second-order valence-electron chi connectivity index (χ2n) is 6.32. The summed E-state index contributed by atoms with van der Waals surface area (Å²) < 4.78 is 44.7. The van der Waals surface area contributed by atoms with Gasteiger partial charge < -0.3 is 20.7 Å². The Morgan fingerprint density at radius 2 is 1.96 bits per heavy atom. The van der Waals surface area contributed by atoms with Gasteiger partial charge in [0.05, 0.1) is 18.7 Å². The molecule has 1 saturated heterocycles. The zero-order valence-electron chi connectivity index (χ0n) is 14.5. The summed E-state index contributed by atoms with van der Waals surface area (Å²) >= 11 is 0. The van der Waals surface area contributed by atoms with Crippen LogP contribution in [0.2, 0.25) is 0 Å². The van der Waals surface area contributed by atoms with Crippen LogP contribution in [0.3, 0.4) is 0 Å². The van der Waals surface area contributed by atoms with E-state index < -0.39 is 41.7 Å². The first-order valence-electron chi connectivity index (χ1n) is 8.23. The van der Waals surface area contributed by atoms with Crippen molar-refractivity contribution in [3.05, 3.63) is 35.4 Å². The lowest BCUT2D eigenvalue weighted by atomic mass is 9.90. The number of urea groups is 1. The molecule has 3 atom stereocenters. The molecule has 1 aliphatic rings. The fourth-order valence-electron chi connectivity index (χ4n) is 2.84. The first-order chi connectivity index (χ1) is 12.1. The molecule has 9 heteroatoms. The SMILES string of the molecule is CC(NC(=O)N1CCOC(C(N)=O)C1)C(C)c1ccccc1C(F)(F)F. The van der Waals surface area contributed by atoms with Crippen LogP contribution in [0.25, 0.3) is 0 Å². The van der Waals surface area contributed by atoms with E-state index in [0.29, 0.717) is 0 Å². The Bertz CT molecular complexity index is 666. The van der Waals surface area contributed by atoms with E-state index in [1.165, 1.54) is 23.1 Å². The van der Waals surface area contributed by atoms with Gasteiger partial charge in [-0.25, -0.2) is 4.79 Å². The van der Waals surface area contributed by atoms with E-state index in [1.54, 1.807) is 13.8 Å². The summed E-state index contributed by atoms with van der Waals surface area (Å²) in [6.45, 7) is 3.72. The van der Waals surface area contributed by atoms with E-state index in [-0.39, 0.29) is 25.3 Å². The van der Waals surface area contributed by atoms with Gasteiger partial charge in [0.15, 0.2) is 6.10 Å². The standard InChI is InChI=1S/C17H22F3N3O3/c1-10(12-5-3-4-6-13(12)17(18,19)20)11(2)22-16(25)23-7-8-26-14(9-23)15(21)24/h3-6,10-11,14H,7-9H2,1-2H3,(H2,21,24)(H,22,25). The van der Waals surface area contributed by atoms with Crippen LogP contribution in [0.4, 0.5) is 18.0 Å². The quantitative estimate of drug-likeness (QED) is 0.848. The predicted octanol–water partition coefficient (Wildman–Crippen LogP) is 2.09. The Hall–Kier alpha value is -2.29. The molecule has 0 bridgehead atoms. The number of carbonyl (C=O) groups excluding carboxylic acids is 2. The highest BCUT2D eigenvalue weighted by molar-refractivity contribution is 5.81. The summed E-state index contributed by atoms with van der Waals surface area (Å²) in [5.74, 6) is -1.23. The van der Waals surface area contributed by atoms with Crippen molar-refractivity contribution in [3.63, 3.8) is 0 Å². The van der Waals surface area contributed by atoms with Gasteiger partial charge in [-0.3, -0.25) is 4.79 Å². The number of hydrogen-bond donors (Lipinski definition) is 2. The van der Waals surface area contributed by atoms with Gasteiger partial charge in [-0.1, -0.05) is 25.1 Å². The number of carbonyl (C=O) groups is 2. The lowest BCUT2D eigenvalue weighted by Gasteiger charge is -2.33. The fourth-order valence-corrected chi connectivity index (χ4v) is 2.84. The molecular weight excluding hydrogens is 351 g/mol. The molecule has 144 valence electrons. The van der Waals surface area contributed by atoms with Crippen LogP contribution < -0.4 is 11.1 Å². The molecule has 6 nitrogen and oxygen atoms in total. The van der Waals surface area contributed by atoms with Gasteiger partial charge in [-0.2, -0.15) is 13.2 Å². The first kappa shape index (κ1) is 20.0. The number of benzene rings is 1. The lowest BCUT2D eigenvalue weighted by molar-refractivity contribution is -0.138. The second kappa shape index (κ2) is 7.94. The van der Waals surface area contributed by atoms with E-state index >= 15 is 0 Å². The molecule has 1 aliphatic heterocycles. The number of nitrogens with zero attached hydrogens (tertiary/aromatic N) is 1. The average Bonchev–Trinajstić information content (AvgIpc) is 2.60. The maximum Gasteiger partial charge on any atom is 0.416 e. The smallest absolute Gasteiger partial charge is 0.367 e. The molecule has 1 heterocycles. The molecule has 0 aliphatic carbocycles. The van der Waals surface area contributed by atoms with E-state index in [4.69, 9.17) is 10.5 Å². The van der Waals surface area contributed by atoms with Crippen molar-refractivity contribution in [1.82, 2.24) is 10.2 Å². The Morgan fingerprint density at radius 1 is 1.31 bits per heavy atom. The normalized spacial score (nSPS) is 20.3. The largest absolute Gasteiger partial charge is 0.416 e. The Labute approximate surface area is 149 Å². The topological polar surface area (TPSA) is 84.7 Å². The van der Waals surface area contributed by atoms with Crippen LogP contribution >= 0.6 is 0 Å². The number of halogens is 3. The molecule has 0 spiro atoms. The summed E-state index contributed by atoms with van der Waals surface area (Å²) in [5, 5.41) is 2.70. The Kier molecular flexibility index (Phi) is 6.12. The summed E-state index contributed by atoms with van der Waals surface area (Å²) in [4.78, 5) is 25.0.